The van der Waals surface area contributed by atoms with Gasteiger partial charge in [0, 0.05) is 13.1 Å². The summed E-state index contributed by atoms with van der Waals surface area (Å²) >= 11 is 5.89. The Morgan fingerprint density at radius 2 is 2.24 bits per heavy atom. The summed E-state index contributed by atoms with van der Waals surface area (Å²) in [6.07, 6.45) is 1.27. The van der Waals surface area contributed by atoms with Gasteiger partial charge in [0.05, 0.1) is 17.9 Å². The van der Waals surface area contributed by atoms with E-state index in [-0.39, 0.29) is 21.7 Å². The molecular weight excluding hydrogens is 332 g/mol. The van der Waals surface area contributed by atoms with Crippen LogP contribution in [0.25, 0.3) is 0 Å². The normalized spacial score (nSPS) is 20.1. The van der Waals surface area contributed by atoms with Crippen molar-refractivity contribution in [3.63, 3.8) is 0 Å². The van der Waals surface area contributed by atoms with Gasteiger partial charge in [0.1, 0.15) is 9.20 Å². The number of piperidine rings is 1. The number of hydrogen-bond acceptors (Lipinski definition) is 6. The number of carbonyl (C=O) groups is 1. The fourth-order valence-electron chi connectivity index (χ4n) is 2.24. The zero-order valence-electron chi connectivity index (χ0n) is 11.4. The highest BCUT2D eigenvalue weighted by Crippen LogP contribution is 2.28. The highest BCUT2D eigenvalue weighted by molar-refractivity contribution is 7.91. The molecule has 1 aliphatic rings. The van der Waals surface area contributed by atoms with Crippen molar-refractivity contribution < 1.29 is 17.9 Å². The van der Waals surface area contributed by atoms with E-state index in [1.165, 1.54) is 17.5 Å². The number of nitrogens with two attached hydrogens (primary N) is 1. The molecule has 0 radical (unpaired) electrons. The van der Waals surface area contributed by atoms with Crippen molar-refractivity contribution in [1.29, 1.82) is 0 Å². The number of thiocarbonyl (C=S) groups is 1. The number of thiophene rings is 1. The van der Waals surface area contributed by atoms with E-state index in [0.717, 1.165) is 11.3 Å². The Morgan fingerprint density at radius 1 is 1.52 bits per heavy atom. The van der Waals surface area contributed by atoms with Crippen molar-refractivity contribution in [3.8, 4) is 0 Å². The maximum Gasteiger partial charge on any atom is 0.309 e. The first-order chi connectivity index (χ1) is 9.86. The van der Waals surface area contributed by atoms with E-state index < -0.39 is 15.9 Å². The van der Waals surface area contributed by atoms with Crippen LogP contribution in [0, 0.1) is 5.92 Å². The number of ether oxygens (including phenoxy) is 1. The zero-order chi connectivity index (χ0) is 15.6. The van der Waals surface area contributed by atoms with Crippen molar-refractivity contribution in [1.82, 2.24) is 4.31 Å². The van der Waals surface area contributed by atoms with Gasteiger partial charge in [0.2, 0.25) is 0 Å². The van der Waals surface area contributed by atoms with E-state index in [1.54, 1.807) is 6.07 Å². The van der Waals surface area contributed by atoms with Crippen molar-refractivity contribution in [2.45, 2.75) is 17.1 Å². The van der Waals surface area contributed by atoms with E-state index in [4.69, 9.17) is 22.7 Å². The third-order valence-electron chi connectivity index (χ3n) is 3.34. The van der Waals surface area contributed by atoms with E-state index in [9.17, 15) is 13.2 Å². The fraction of sp³-hybridized carbons (Fsp3) is 0.500. The minimum Gasteiger partial charge on any atom is -0.469 e. The van der Waals surface area contributed by atoms with Crippen LogP contribution in [-0.4, -0.2) is 43.9 Å². The van der Waals surface area contributed by atoms with Crippen LogP contribution in [0.15, 0.2) is 16.3 Å². The summed E-state index contributed by atoms with van der Waals surface area (Å²) in [5.74, 6) is -0.779. The van der Waals surface area contributed by atoms with Gasteiger partial charge in [-0.25, -0.2) is 8.42 Å². The summed E-state index contributed by atoms with van der Waals surface area (Å²) in [7, 11) is -2.31. The molecule has 0 aromatic carbocycles. The molecule has 2 N–H and O–H groups in total. The molecule has 1 unspecified atom stereocenters. The van der Waals surface area contributed by atoms with Crippen molar-refractivity contribution >= 4 is 44.5 Å². The first kappa shape index (κ1) is 16.3. The van der Waals surface area contributed by atoms with Gasteiger partial charge in [-0.1, -0.05) is 12.2 Å². The van der Waals surface area contributed by atoms with Crippen LogP contribution in [0.3, 0.4) is 0 Å². The quantitative estimate of drug-likeness (QED) is 0.644. The number of rotatable bonds is 4. The van der Waals surface area contributed by atoms with E-state index in [0.29, 0.717) is 24.3 Å². The Hall–Kier alpha value is -1.03. The lowest BCUT2D eigenvalue weighted by molar-refractivity contribution is -0.146. The summed E-state index contributed by atoms with van der Waals surface area (Å²) in [4.78, 5) is 12.3. The molecule has 1 fully saturated rings. The largest absolute Gasteiger partial charge is 0.469 e. The van der Waals surface area contributed by atoms with Crippen LogP contribution in [0.5, 0.6) is 0 Å². The van der Waals surface area contributed by atoms with Gasteiger partial charge in [-0.15, -0.1) is 11.3 Å². The molecule has 0 spiro atoms. The predicted octanol–water partition coefficient (Wildman–Crippen LogP) is 0.956. The second-order valence-electron chi connectivity index (χ2n) is 4.71. The highest BCUT2D eigenvalue weighted by Gasteiger charge is 2.34. The molecule has 2 rings (SSSR count). The van der Waals surface area contributed by atoms with Crippen LogP contribution in [-0.2, 0) is 19.6 Å². The number of hydrogen-bond donors (Lipinski definition) is 1. The molecule has 0 aliphatic carbocycles. The molecule has 116 valence electrons. The Morgan fingerprint density at radius 3 is 2.81 bits per heavy atom. The predicted molar refractivity (Wildman–Crippen MR) is 83.7 cm³/mol. The molecule has 1 saturated heterocycles. The summed E-state index contributed by atoms with van der Waals surface area (Å²) in [6.45, 7) is 0.547. The standard InChI is InChI=1S/C12H16N2O4S3/c1-18-12(15)8-3-2-6-14(7-8)21(16,17)10-5-4-9(20-10)11(13)19/h4-5,8H,2-3,6-7H2,1H3,(H2,13,19). The lowest BCUT2D eigenvalue weighted by Gasteiger charge is -2.29. The molecule has 1 aromatic rings. The lowest BCUT2D eigenvalue weighted by Crippen LogP contribution is -2.42. The molecule has 1 aliphatic heterocycles. The molecule has 1 aromatic heterocycles. The monoisotopic (exact) mass is 348 g/mol. The van der Waals surface area contributed by atoms with Gasteiger partial charge < -0.3 is 10.5 Å². The first-order valence-electron chi connectivity index (χ1n) is 6.34. The third kappa shape index (κ3) is 3.42. The van der Waals surface area contributed by atoms with Crippen LogP contribution in [0.4, 0.5) is 0 Å². The molecule has 1 atom stereocenters. The Kier molecular flexibility index (Phi) is 4.97. The molecule has 6 nitrogen and oxygen atoms in total. The van der Waals surface area contributed by atoms with Gasteiger partial charge in [0.25, 0.3) is 10.0 Å². The number of carbonyl (C=O) groups excluding carboxylic acids is 1. The van der Waals surface area contributed by atoms with Crippen molar-refractivity contribution in [2.24, 2.45) is 11.7 Å². The van der Waals surface area contributed by atoms with Gasteiger partial charge in [0.15, 0.2) is 0 Å². The summed E-state index contributed by atoms with van der Waals surface area (Å²) < 4.78 is 31.4. The number of methoxy groups -OCH3 is 1. The number of esters is 1. The Balaban J connectivity index is 2.22. The fourth-order valence-corrected chi connectivity index (χ4v) is 5.27. The van der Waals surface area contributed by atoms with Gasteiger partial charge in [-0.3, -0.25) is 4.79 Å². The SMILES string of the molecule is COC(=O)C1CCCN(S(=O)(=O)c2ccc(C(N)=S)s2)C1. The van der Waals surface area contributed by atoms with Crippen LogP contribution in [0.1, 0.15) is 17.7 Å². The third-order valence-corrected chi connectivity index (χ3v) is 7.14. The second kappa shape index (κ2) is 6.39. The molecule has 21 heavy (non-hydrogen) atoms. The van der Waals surface area contributed by atoms with Gasteiger partial charge in [-0.05, 0) is 25.0 Å². The molecule has 0 saturated carbocycles. The Bertz CT molecular complexity index is 653. The first-order valence-corrected chi connectivity index (χ1v) is 9.00. The Labute approximate surface area is 132 Å². The molecule has 9 heteroatoms. The van der Waals surface area contributed by atoms with Crippen molar-refractivity contribution in [3.05, 3.63) is 17.0 Å². The second-order valence-corrected chi connectivity index (χ2v) is 8.40. The van der Waals surface area contributed by atoms with Crippen molar-refractivity contribution in [2.75, 3.05) is 20.2 Å². The molecule has 0 amide bonds. The molecule has 2 heterocycles. The van der Waals surface area contributed by atoms with E-state index in [2.05, 4.69) is 0 Å². The topological polar surface area (TPSA) is 89.7 Å². The lowest BCUT2D eigenvalue weighted by atomic mass is 10.0. The minimum atomic E-state index is -3.62. The van der Waals surface area contributed by atoms with E-state index >= 15 is 0 Å². The maximum absolute atomic E-state index is 12.6. The smallest absolute Gasteiger partial charge is 0.309 e. The minimum absolute atomic E-state index is 0.148. The number of sulfonamides is 1. The van der Waals surface area contributed by atoms with Gasteiger partial charge in [-0.2, -0.15) is 4.31 Å². The van der Waals surface area contributed by atoms with E-state index in [1.807, 2.05) is 0 Å². The van der Waals surface area contributed by atoms with Crippen LogP contribution in [0.2, 0.25) is 0 Å². The van der Waals surface area contributed by atoms with Gasteiger partial charge >= 0.3 is 5.97 Å². The average Bonchev–Trinajstić information content (AvgIpc) is 2.97. The summed E-state index contributed by atoms with van der Waals surface area (Å²) in [5, 5.41) is 0. The van der Waals surface area contributed by atoms with Crippen LogP contribution >= 0.6 is 23.6 Å². The average molecular weight is 348 g/mol. The van der Waals surface area contributed by atoms with Crippen LogP contribution < -0.4 is 5.73 Å². The molecule has 0 bridgehead atoms. The summed E-state index contributed by atoms with van der Waals surface area (Å²) in [6, 6.07) is 3.10. The number of nitrogens with zero attached hydrogens (tertiary/aromatic N) is 1. The maximum atomic E-state index is 12.6. The zero-order valence-corrected chi connectivity index (χ0v) is 13.9. The summed E-state index contributed by atoms with van der Waals surface area (Å²) in [5.41, 5.74) is 5.50. The highest BCUT2D eigenvalue weighted by atomic mass is 32.2. The molecular formula is C12H16N2O4S3.